The van der Waals surface area contributed by atoms with E-state index < -0.39 is 0 Å². The molecule has 18 heavy (non-hydrogen) atoms. The molecule has 0 radical (unpaired) electrons. The van der Waals surface area contributed by atoms with Crippen molar-refractivity contribution in [1.29, 1.82) is 0 Å². The highest BCUT2D eigenvalue weighted by molar-refractivity contribution is 7.99. The van der Waals surface area contributed by atoms with Crippen molar-refractivity contribution >= 4 is 23.1 Å². The molecule has 0 spiro atoms. The Morgan fingerprint density at radius 1 is 1.17 bits per heavy atom. The second-order valence-electron chi connectivity index (χ2n) is 3.70. The first kappa shape index (κ1) is 11.0. The second kappa shape index (κ2) is 4.30. The van der Waals surface area contributed by atoms with E-state index in [0.29, 0.717) is 10.8 Å². The van der Waals surface area contributed by atoms with Crippen molar-refractivity contribution in [2.75, 3.05) is 5.73 Å². The number of aromatic nitrogens is 3. The molecule has 0 unspecified atom stereocenters. The summed E-state index contributed by atoms with van der Waals surface area (Å²) in [7, 11) is 0. The van der Waals surface area contributed by atoms with E-state index >= 15 is 0 Å². The summed E-state index contributed by atoms with van der Waals surface area (Å²) in [6, 6.07) is 9.97. The van der Waals surface area contributed by atoms with Gasteiger partial charge >= 0.3 is 0 Å². The fourth-order valence-corrected chi connectivity index (χ4v) is 2.44. The highest BCUT2D eigenvalue weighted by Gasteiger charge is 2.09. The number of pyridine rings is 1. The number of fused-ring (bicyclic) bond motifs is 1. The largest absolute Gasteiger partial charge is 0.398 e. The minimum atomic E-state index is -0.344. The third kappa shape index (κ3) is 1.91. The van der Waals surface area contributed by atoms with Gasteiger partial charge in [-0.3, -0.25) is 4.40 Å². The van der Waals surface area contributed by atoms with Gasteiger partial charge in [0.2, 0.25) is 0 Å². The summed E-state index contributed by atoms with van der Waals surface area (Å²) in [5.74, 6) is -0.344. The van der Waals surface area contributed by atoms with Crippen molar-refractivity contribution in [1.82, 2.24) is 14.6 Å². The zero-order valence-electron chi connectivity index (χ0n) is 9.25. The van der Waals surface area contributed by atoms with Gasteiger partial charge < -0.3 is 5.73 Å². The van der Waals surface area contributed by atoms with Crippen LogP contribution in [0.2, 0.25) is 0 Å². The fourth-order valence-electron chi connectivity index (χ4n) is 1.60. The monoisotopic (exact) mass is 260 g/mol. The van der Waals surface area contributed by atoms with Gasteiger partial charge in [0.15, 0.2) is 10.8 Å². The molecule has 0 amide bonds. The maximum absolute atomic E-state index is 13.0. The van der Waals surface area contributed by atoms with E-state index in [4.69, 9.17) is 5.73 Å². The minimum absolute atomic E-state index is 0.344. The quantitative estimate of drug-likeness (QED) is 0.720. The predicted molar refractivity (Wildman–Crippen MR) is 67.9 cm³/mol. The van der Waals surface area contributed by atoms with Crippen LogP contribution in [0.4, 0.5) is 10.1 Å². The van der Waals surface area contributed by atoms with E-state index in [2.05, 4.69) is 10.2 Å². The van der Waals surface area contributed by atoms with E-state index in [0.717, 1.165) is 10.5 Å². The highest BCUT2D eigenvalue weighted by atomic mass is 32.2. The Hall–Kier alpha value is -2.08. The van der Waals surface area contributed by atoms with Gasteiger partial charge in [-0.25, -0.2) is 4.39 Å². The molecule has 3 aromatic rings. The van der Waals surface area contributed by atoms with Crippen molar-refractivity contribution in [3.63, 3.8) is 0 Å². The van der Waals surface area contributed by atoms with E-state index in [1.54, 1.807) is 6.07 Å². The molecule has 3 rings (SSSR count). The summed E-state index contributed by atoms with van der Waals surface area (Å²) in [4.78, 5) is 0.759. The lowest BCUT2D eigenvalue weighted by Crippen LogP contribution is -1.91. The Balaban J connectivity index is 2.01. The fraction of sp³-hybridized carbons (Fsp3) is 0. The molecule has 6 heteroatoms. The summed E-state index contributed by atoms with van der Waals surface area (Å²) in [5, 5.41) is 8.82. The van der Waals surface area contributed by atoms with Gasteiger partial charge in [-0.2, -0.15) is 0 Å². The van der Waals surface area contributed by atoms with Crippen LogP contribution in [0.1, 0.15) is 0 Å². The number of nitrogens with zero attached hydrogens (tertiary/aromatic N) is 3. The van der Waals surface area contributed by atoms with Crippen LogP contribution in [0.5, 0.6) is 0 Å². The molecule has 0 aliphatic carbocycles. The Morgan fingerprint density at radius 2 is 2.06 bits per heavy atom. The molecule has 0 saturated heterocycles. The van der Waals surface area contributed by atoms with Gasteiger partial charge in [0.05, 0.1) is 0 Å². The van der Waals surface area contributed by atoms with Gasteiger partial charge in [0.25, 0.3) is 0 Å². The zero-order valence-corrected chi connectivity index (χ0v) is 10.1. The number of hydrogen-bond donors (Lipinski definition) is 1. The number of hydrogen-bond acceptors (Lipinski definition) is 4. The van der Waals surface area contributed by atoms with Crippen LogP contribution in [0.3, 0.4) is 0 Å². The van der Waals surface area contributed by atoms with Crippen molar-refractivity contribution in [3.05, 3.63) is 48.4 Å². The number of nitrogen functional groups attached to an aromatic ring is 1. The second-order valence-corrected chi connectivity index (χ2v) is 4.70. The first-order valence-electron chi connectivity index (χ1n) is 5.27. The lowest BCUT2D eigenvalue weighted by atomic mass is 10.3. The zero-order chi connectivity index (χ0) is 12.5. The maximum atomic E-state index is 13.0. The average Bonchev–Trinajstić information content (AvgIpc) is 2.76. The van der Waals surface area contributed by atoms with Crippen LogP contribution < -0.4 is 5.73 Å². The molecule has 2 aromatic heterocycles. The normalized spacial score (nSPS) is 10.9. The van der Waals surface area contributed by atoms with Crippen LogP contribution in [-0.4, -0.2) is 14.6 Å². The van der Waals surface area contributed by atoms with Crippen LogP contribution in [0.25, 0.3) is 5.65 Å². The third-order valence-electron chi connectivity index (χ3n) is 2.46. The molecule has 2 heterocycles. The smallest absolute Gasteiger partial charge is 0.200 e. The summed E-state index contributed by atoms with van der Waals surface area (Å²) in [6.07, 6.45) is 1.87. The van der Waals surface area contributed by atoms with Crippen LogP contribution in [0.15, 0.2) is 52.6 Å². The molecule has 1 aromatic carbocycles. The molecular weight excluding hydrogens is 251 g/mol. The topological polar surface area (TPSA) is 56.2 Å². The molecule has 0 aliphatic heterocycles. The van der Waals surface area contributed by atoms with E-state index in [1.807, 2.05) is 28.8 Å². The first-order valence-corrected chi connectivity index (χ1v) is 6.08. The van der Waals surface area contributed by atoms with Crippen LogP contribution in [0, 0.1) is 5.82 Å². The minimum Gasteiger partial charge on any atom is -0.398 e. The number of benzene rings is 1. The molecule has 0 aliphatic rings. The summed E-state index contributed by atoms with van der Waals surface area (Å²) in [5.41, 5.74) is 6.92. The van der Waals surface area contributed by atoms with E-state index in [9.17, 15) is 4.39 Å². The molecule has 0 atom stereocenters. The Kier molecular flexibility index (Phi) is 2.64. The maximum Gasteiger partial charge on any atom is 0.200 e. The average molecular weight is 260 g/mol. The van der Waals surface area contributed by atoms with E-state index in [-0.39, 0.29) is 5.82 Å². The standard InChI is InChI=1S/C12H9FN4S/c13-8-4-5-10(9(14)7-8)18-12-16-15-11-3-1-2-6-17(11)12/h1-7H,14H2. The van der Waals surface area contributed by atoms with Crippen molar-refractivity contribution in [3.8, 4) is 0 Å². The highest BCUT2D eigenvalue weighted by Crippen LogP contribution is 2.31. The number of anilines is 1. The molecule has 4 nitrogen and oxygen atoms in total. The van der Waals surface area contributed by atoms with Crippen LogP contribution in [-0.2, 0) is 0 Å². The number of nitrogens with two attached hydrogens (primary N) is 1. The van der Waals surface area contributed by atoms with Crippen molar-refractivity contribution in [2.45, 2.75) is 10.1 Å². The van der Waals surface area contributed by atoms with Gasteiger partial charge in [0.1, 0.15) is 5.82 Å². The summed E-state index contributed by atoms with van der Waals surface area (Å²) >= 11 is 1.36. The third-order valence-corrected chi connectivity index (χ3v) is 3.51. The SMILES string of the molecule is Nc1cc(F)ccc1Sc1nnc2ccccn12. The first-order chi connectivity index (χ1) is 8.74. The van der Waals surface area contributed by atoms with Gasteiger partial charge in [-0.05, 0) is 42.1 Å². The number of rotatable bonds is 2. The van der Waals surface area contributed by atoms with Crippen LogP contribution >= 0.6 is 11.8 Å². The molecule has 90 valence electrons. The van der Waals surface area contributed by atoms with Gasteiger partial charge in [-0.15, -0.1) is 10.2 Å². The lowest BCUT2D eigenvalue weighted by molar-refractivity contribution is 0.627. The molecule has 0 fully saturated rings. The van der Waals surface area contributed by atoms with Crippen molar-refractivity contribution in [2.24, 2.45) is 0 Å². The molecule has 0 bridgehead atoms. The van der Waals surface area contributed by atoms with E-state index in [1.165, 1.54) is 23.9 Å². The van der Waals surface area contributed by atoms with Gasteiger partial charge in [0, 0.05) is 16.8 Å². The lowest BCUT2D eigenvalue weighted by Gasteiger charge is -2.03. The Bertz CT molecular complexity index is 710. The summed E-state index contributed by atoms with van der Waals surface area (Å²) < 4.78 is 14.8. The Labute approximate surface area is 107 Å². The number of halogens is 1. The molecular formula is C12H9FN4S. The van der Waals surface area contributed by atoms with Crippen molar-refractivity contribution < 1.29 is 4.39 Å². The van der Waals surface area contributed by atoms with Gasteiger partial charge in [-0.1, -0.05) is 6.07 Å². The molecule has 0 saturated carbocycles. The summed E-state index contributed by atoms with van der Waals surface area (Å²) in [6.45, 7) is 0. The Morgan fingerprint density at radius 3 is 2.89 bits per heavy atom. The molecule has 2 N–H and O–H groups in total. The predicted octanol–water partition coefficient (Wildman–Crippen LogP) is 2.60.